The number of nitro groups is 1. The van der Waals surface area contributed by atoms with Gasteiger partial charge in [-0.05, 0) is 11.6 Å². The highest BCUT2D eigenvalue weighted by atomic mass is 19.1. The Labute approximate surface area is 85.1 Å². The van der Waals surface area contributed by atoms with E-state index < -0.39 is 10.7 Å². The van der Waals surface area contributed by atoms with Crippen LogP contribution in [-0.2, 0) is 6.42 Å². The Bertz CT molecular complexity index is 443. The molecule has 1 aromatic rings. The number of rotatable bonds is 2. The lowest BCUT2D eigenvalue weighted by Gasteiger charge is -2.01. The van der Waals surface area contributed by atoms with Gasteiger partial charge in [0, 0.05) is 24.1 Å². The molecule has 0 atom stereocenters. The summed E-state index contributed by atoms with van der Waals surface area (Å²) < 4.78 is 18.5. The predicted molar refractivity (Wildman–Crippen MR) is 51.6 cm³/mol. The lowest BCUT2D eigenvalue weighted by molar-refractivity contribution is -0.400. The van der Waals surface area contributed by atoms with Gasteiger partial charge >= 0.3 is 0 Å². The van der Waals surface area contributed by atoms with Crippen molar-refractivity contribution in [3.05, 3.63) is 45.4 Å². The van der Waals surface area contributed by atoms with Gasteiger partial charge in [0.05, 0.1) is 11.5 Å². The number of fused-ring (bicyclic) bond motifs is 1. The number of hydrogen-bond donors (Lipinski definition) is 0. The smallest absolute Gasteiger partial charge is 0.235 e. The van der Waals surface area contributed by atoms with Crippen LogP contribution in [0.25, 0.3) is 6.08 Å². The fourth-order valence-corrected chi connectivity index (χ4v) is 1.49. The van der Waals surface area contributed by atoms with Gasteiger partial charge in [-0.3, -0.25) is 10.1 Å². The molecule has 2 rings (SSSR count). The minimum Gasteiger partial charge on any atom is -0.493 e. The molecule has 0 saturated carbocycles. The minimum atomic E-state index is -0.622. The van der Waals surface area contributed by atoms with E-state index in [-0.39, 0.29) is 5.56 Å². The summed E-state index contributed by atoms with van der Waals surface area (Å²) in [5, 5.41) is 10.1. The lowest BCUT2D eigenvalue weighted by atomic mass is 10.1. The van der Waals surface area contributed by atoms with Crippen LogP contribution in [0, 0.1) is 15.9 Å². The Kier molecular flexibility index (Phi) is 2.37. The van der Waals surface area contributed by atoms with Crippen LogP contribution in [0.5, 0.6) is 5.75 Å². The van der Waals surface area contributed by atoms with Gasteiger partial charge in [-0.2, -0.15) is 0 Å². The highest BCUT2D eigenvalue weighted by Crippen LogP contribution is 2.28. The molecule has 1 aliphatic rings. The Morgan fingerprint density at radius 1 is 1.53 bits per heavy atom. The molecule has 0 saturated heterocycles. The maximum absolute atomic E-state index is 13.3. The molecule has 0 aliphatic carbocycles. The van der Waals surface area contributed by atoms with Gasteiger partial charge in [-0.1, -0.05) is 0 Å². The summed E-state index contributed by atoms with van der Waals surface area (Å²) in [4.78, 5) is 9.47. The summed E-state index contributed by atoms with van der Waals surface area (Å²) >= 11 is 0. The van der Waals surface area contributed by atoms with Crippen molar-refractivity contribution in [2.45, 2.75) is 6.42 Å². The van der Waals surface area contributed by atoms with Crippen LogP contribution in [0.15, 0.2) is 18.3 Å². The van der Waals surface area contributed by atoms with Gasteiger partial charge in [-0.15, -0.1) is 0 Å². The van der Waals surface area contributed by atoms with Crippen LogP contribution >= 0.6 is 0 Å². The average Bonchev–Trinajstić information content (AvgIpc) is 2.60. The summed E-state index contributed by atoms with van der Waals surface area (Å²) in [5.41, 5.74) is 1.11. The molecule has 1 aromatic carbocycles. The van der Waals surface area contributed by atoms with Crippen molar-refractivity contribution in [2.24, 2.45) is 0 Å². The Morgan fingerprint density at radius 2 is 2.33 bits per heavy atom. The van der Waals surface area contributed by atoms with Crippen LogP contribution in [0.2, 0.25) is 0 Å². The fourth-order valence-electron chi connectivity index (χ4n) is 1.49. The van der Waals surface area contributed by atoms with E-state index >= 15 is 0 Å². The van der Waals surface area contributed by atoms with Gasteiger partial charge in [0.2, 0.25) is 6.20 Å². The quantitative estimate of drug-likeness (QED) is 0.553. The molecule has 0 N–H and O–H groups in total. The molecule has 0 fully saturated rings. The monoisotopic (exact) mass is 209 g/mol. The minimum absolute atomic E-state index is 0.218. The molecule has 5 heteroatoms. The van der Waals surface area contributed by atoms with Gasteiger partial charge in [-0.25, -0.2) is 4.39 Å². The lowest BCUT2D eigenvalue weighted by Crippen LogP contribution is -1.88. The first-order valence-corrected chi connectivity index (χ1v) is 4.44. The third-order valence-corrected chi connectivity index (χ3v) is 2.18. The Morgan fingerprint density at radius 3 is 3.07 bits per heavy atom. The third-order valence-electron chi connectivity index (χ3n) is 2.18. The van der Waals surface area contributed by atoms with Crippen LogP contribution in [-0.4, -0.2) is 11.5 Å². The molecule has 0 aromatic heterocycles. The second kappa shape index (κ2) is 3.68. The second-order valence-corrected chi connectivity index (χ2v) is 3.18. The van der Waals surface area contributed by atoms with Crippen molar-refractivity contribution in [3.8, 4) is 5.75 Å². The third kappa shape index (κ3) is 1.96. The van der Waals surface area contributed by atoms with Gasteiger partial charge in [0.25, 0.3) is 0 Å². The summed E-state index contributed by atoms with van der Waals surface area (Å²) in [6, 6.07) is 2.85. The second-order valence-electron chi connectivity index (χ2n) is 3.18. The first-order valence-electron chi connectivity index (χ1n) is 4.44. The van der Waals surface area contributed by atoms with Crippen molar-refractivity contribution >= 4 is 6.08 Å². The molecule has 1 aliphatic heterocycles. The zero-order valence-electron chi connectivity index (χ0n) is 7.77. The van der Waals surface area contributed by atoms with Crippen molar-refractivity contribution in [1.82, 2.24) is 0 Å². The SMILES string of the molecule is O=[N+]([O-])/C=C/c1cc2c(cc1F)OCC2. The number of halogens is 1. The first kappa shape index (κ1) is 9.64. The van der Waals surface area contributed by atoms with E-state index in [2.05, 4.69) is 0 Å². The maximum Gasteiger partial charge on any atom is 0.235 e. The number of nitrogens with zero attached hydrogens (tertiary/aromatic N) is 1. The van der Waals surface area contributed by atoms with Crippen molar-refractivity contribution < 1.29 is 14.1 Å². The molecule has 0 amide bonds. The summed E-state index contributed by atoms with van der Waals surface area (Å²) in [6.07, 6.45) is 2.59. The van der Waals surface area contributed by atoms with Crippen molar-refractivity contribution in [1.29, 1.82) is 0 Å². The van der Waals surface area contributed by atoms with Gasteiger partial charge < -0.3 is 4.74 Å². The van der Waals surface area contributed by atoms with E-state index in [1.807, 2.05) is 0 Å². The van der Waals surface area contributed by atoms with E-state index in [0.29, 0.717) is 12.4 Å². The molecular formula is C10H8FNO3. The zero-order chi connectivity index (χ0) is 10.8. The summed E-state index contributed by atoms with van der Waals surface area (Å²) in [6.45, 7) is 0.539. The van der Waals surface area contributed by atoms with E-state index in [9.17, 15) is 14.5 Å². The van der Waals surface area contributed by atoms with E-state index in [4.69, 9.17) is 4.74 Å². The highest BCUT2D eigenvalue weighted by Gasteiger charge is 2.15. The van der Waals surface area contributed by atoms with Gasteiger partial charge in [0.1, 0.15) is 11.6 Å². The fraction of sp³-hybridized carbons (Fsp3) is 0.200. The molecule has 4 nitrogen and oxygen atoms in total. The number of benzene rings is 1. The zero-order valence-corrected chi connectivity index (χ0v) is 7.77. The number of hydrogen-bond acceptors (Lipinski definition) is 3. The topological polar surface area (TPSA) is 52.4 Å². The molecule has 0 radical (unpaired) electrons. The van der Waals surface area contributed by atoms with Gasteiger partial charge in [0.15, 0.2) is 0 Å². The predicted octanol–water partition coefficient (Wildman–Crippen LogP) is 2.01. The standard InChI is InChI=1S/C10H8FNO3/c11-9-6-10-8(2-4-15-10)5-7(9)1-3-12(13)14/h1,3,5-6H,2,4H2/b3-1+. The Balaban J connectivity index is 2.36. The molecule has 15 heavy (non-hydrogen) atoms. The first-order chi connectivity index (χ1) is 7.16. The van der Waals surface area contributed by atoms with Crippen LogP contribution in [0.1, 0.15) is 11.1 Å². The van der Waals surface area contributed by atoms with E-state index in [0.717, 1.165) is 24.3 Å². The van der Waals surface area contributed by atoms with Crippen LogP contribution in [0.3, 0.4) is 0 Å². The molecule has 0 spiro atoms. The normalized spacial score (nSPS) is 13.9. The summed E-state index contributed by atoms with van der Waals surface area (Å²) in [5.74, 6) is 0.0273. The molecule has 0 bridgehead atoms. The summed E-state index contributed by atoms with van der Waals surface area (Å²) in [7, 11) is 0. The highest BCUT2D eigenvalue weighted by molar-refractivity contribution is 5.54. The maximum atomic E-state index is 13.3. The van der Waals surface area contributed by atoms with Crippen molar-refractivity contribution in [2.75, 3.05) is 6.61 Å². The Hall–Kier alpha value is -1.91. The largest absolute Gasteiger partial charge is 0.493 e. The van der Waals surface area contributed by atoms with E-state index in [1.165, 1.54) is 6.07 Å². The molecule has 78 valence electrons. The molecule has 0 unspecified atom stereocenters. The molecular weight excluding hydrogens is 201 g/mol. The van der Waals surface area contributed by atoms with E-state index in [1.54, 1.807) is 6.07 Å². The van der Waals surface area contributed by atoms with Crippen LogP contribution in [0.4, 0.5) is 4.39 Å². The average molecular weight is 209 g/mol. The number of ether oxygens (including phenoxy) is 1. The van der Waals surface area contributed by atoms with Crippen LogP contribution < -0.4 is 4.74 Å². The molecule has 1 heterocycles. The van der Waals surface area contributed by atoms with Crippen molar-refractivity contribution in [3.63, 3.8) is 0 Å².